The monoisotopic (exact) mass is 488 g/mol. The Morgan fingerprint density at radius 3 is 2.55 bits per heavy atom. The van der Waals surface area contributed by atoms with Gasteiger partial charge in [0.05, 0.1) is 16.3 Å². The highest BCUT2D eigenvalue weighted by atomic mass is 79.9. The number of likely N-dealkylation sites (N-methyl/N-ethyl adjacent to an activating group) is 1. The molecule has 0 atom stereocenters. The van der Waals surface area contributed by atoms with Crippen LogP contribution in [0.15, 0.2) is 75.4 Å². The Balaban J connectivity index is 1.66. The number of rotatable bonds is 5. The molecule has 0 unspecified atom stereocenters. The number of halogens is 1. The Morgan fingerprint density at radius 2 is 1.86 bits per heavy atom. The number of amides is 1. The summed E-state index contributed by atoms with van der Waals surface area (Å²) in [5.74, 6) is 5.68. The van der Waals surface area contributed by atoms with E-state index in [4.69, 9.17) is 0 Å². The maximum absolute atomic E-state index is 12.6. The summed E-state index contributed by atoms with van der Waals surface area (Å²) in [5, 5.41) is 4.68. The first-order valence-electron chi connectivity index (χ1n) is 8.52. The molecule has 1 heterocycles. The van der Waals surface area contributed by atoms with E-state index in [1.807, 2.05) is 23.6 Å². The molecule has 29 heavy (non-hydrogen) atoms. The van der Waals surface area contributed by atoms with Gasteiger partial charge in [0.25, 0.3) is 0 Å². The van der Waals surface area contributed by atoms with Crippen molar-refractivity contribution in [2.75, 3.05) is 18.9 Å². The van der Waals surface area contributed by atoms with Crippen molar-refractivity contribution >= 4 is 48.9 Å². The van der Waals surface area contributed by atoms with E-state index in [9.17, 15) is 13.2 Å². The minimum absolute atomic E-state index is 0.127. The van der Waals surface area contributed by atoms with Crippen LogP contribution in [0.3, 0.4) is 0 Å². The zero-order valence-corrected chi connectivity index (χ0v) is 18.6. The number of nitrogens with zero attached hydrogens (tertiary/aromatic N) is 1. The minimum atomic E-state index is -3.75. The number of hydrogen-bond acceptors (Lipinski definition) is 4. The summed E-state index contributed by atoms with van der Waals surface area (Å²) in [6.07, 6.45) is 0. The summed E-state index contributed by atoms with van der Waals surface area (Å²) in [7, 11) is -2.38. The van der Waals surface area contributed by atoms with Crippen molar-refractivity contribution in [3.8, 4) is 11.8 Å². The van der Waals surface area contributed by atoms with E-state index < -0.39 is 15.9 Å². The van der Waals surface area contributed by atoms with E-state index >= 15 is 0 Å². The predicted molar refractivity (Wildman–Crippen MR) is 119 cm³/mol. The third-order valence-corrected chi connectivity index (χ3v) is 7.02. The Hall–Kier alpha value is -2.44. The number of benzene rings is 2. The maximum atomic E-state index is 12.6. The Morgan fingerprint density at radius 1 is 1.10 bits per heavy atom. The molecule has 3 aromatic rings. The topological polar surface area (TPSA) is 66.5 Å². The fourth-order valence-electron chi connectivity index (χ4n) is 2.43. The second-order valence-electron chi connectivity index (χ2n) is 6.07. The van der Waals surface area contributed by atoms with E-state index in [-0.39, 0.29) is 11.4 Å². The zero-order chi connectivity index (χ0) is 20.9. The van der Waals surface area contributed by atoms with Crippen molar-refractivity contribution < 1.29 is 13.2 Å². The molecule has 0 spiro atoms. The van der Waals surface area contributed by atoms with E-state index in [1.54, 1.807) is 41.7 Å². The van der Waals surface area contributed by atoms with Gasteiger partial charge in [-0.1, -0.05) is 39.9 Å². The zero-order valence-electron chi connectivity index (χ0n) is 15.4. The number of hydrogen-bond donors (Lipinski definition) is 1. The second-order valence-corrected chi connectivity index (χ2v) is 9.98. The number of carbonyl (C=O) groups is 1. The lowest BCUT2D eigenvalue weighted by molar-refractivity contribution is -0.116. The van der Waals surface area contributed by atoms with Crippen LogP contribution in [0.1, 0.15) is 10.4 Å². The van der Waals surface area contributed by atoms with Crippen LogP contribution in [-0.2, 0) is 14.8 Å². The molecule has 0 saturated carbocycles. The predicted octanol–water partition coefficient (Wildman–Crippen LogP) is 4.17. The molecule has 1 amide bonds. The van der Waals surface area contributed by atoms with Crippen LogP contribution >= 0.6 is 27.3 Å². The van der Waals surface area contributed by atoms with Gasteiger partial charge >= 0.3 is 0 Å². The van der Waals surface area contributed by atoms with Gasteiger partial charge in [-0.15, -0.1) is 11.3 Å². The number of sulfonamides is 1. The largest absolute Gasteiger partial charge is 0.325 e. The first kappa shape index (κ1) is 21.3. The first-order chi connectivity index (χ1) is 13.8. The van der Waals surface area contributed by atoms with Crippen molar-refractivity contribution in [3.63, 3.8) is 0 Å². The van der Waals surface area contributed by atoms with Crippen molar-refractivity contribution in [1.29, 1.82) is 0 Å². The lowest BCUT2D eigenvalue weighted by Gasteiger charge is -2.17. The summed E-state index contributed by atoms with van der Waals surface area (Å²) >= 11 is 4.83. The fraction of sp³-hybridized carbons (Fsp3) is 0.0952. The summed E-state index contributed by atoms with van der Waals surface area (Å²) < 4.78 is 27.0. The summed E-state index contributed by atoms with van der Waals surface area (Å²) in [6, 6.07) is 17.3. The lowest BCUT2D eigenvalue weighted by atomic mass is 10.2. The van der Waals surface area contributed by atoms with Crippen LogP contribution in [-0.4, -0.2) is 32.2 Å². The van der Waals surface area contributed by atoms with Crippen molar-refractivity contribution in [2.45, 2.75) is 4.90 Å². The average molecular weight is 489 g/mol. The third kappa shape index (κ3) is 5.78. The van der Waals surface area contributed by atoms with Crippen LogP contribution < -0.4 is 5.32 Å². The lowest BCUT2D eigenvalue weighted by Crippen LogP contribution is -2.34. The number of anilines is 1. The van der Waals surface area contributed by atoms with Crippen LogP contribution in [0.2, 0.25) is 0 Å². The normalized spacial score (nSPS) is 11.0. The van der Waals surface area contributed by atoms with Gasteiger partial charge in [-0.3, -0.25) is 4.79 Å². The van der Waals surface area contributed by atoms with Gasteiger partial charge in [-0.2, -0.15) is 4.31 Å². The number of thiophene rings is 1. The Kier molecular flexibility index (Phi) is 6.87. The van der Waals surface area contributed by atoms with Gasteiger partial charge in [0.2, 0.25) is 15.9 Å². The highest BCUT2D eigenvalue weighted by Crippen LogP contribution is 2.18. The molecule has 0 bridgehead atoms. The molecule has 1 N–H and O–H groups in total. The molecule has 1 aromatic heterocycles. The molecule has 5 nitrogen and oxygen atoms in total. The van der Waals surface area contributed by atoms with Crippen LogP contribution in [0.25, 0.3) is 0 Å². The van der Waals surface area contributed by atoms with Gasteiger partial charge < -0.3 is 5.32 Å². The smallest absolute Gasteiger partial charge is 0.243 e. The highest BCUT2D eigenvalue weighted by Gasteiger charge is 2.22. The molecule has 0 fully saturated rings. The maximum Gasteiger partial charge on any atom is 0.243 e. The molecular weight excluding hydrogens is 472 g/mol. The van der Waals surface area contributed by atoms with E-state index in [1.165, 1.54) is 19.2 Å². The van der Waals surface area contributed by atoms with E-state index in [0.717, 1.165) is 19.2 Å². The molecule has 148 valence electrons. The van der Waals surface area contributed by atoms with Gasteiger partial charge in [0.1, 0.15) is 0 Å². The van der Waals surface area contributed by atoms with E-state index in [2.05, 4.69) is 33.1 Å². The second kappa shape index (κ2) is 9.37. The van der Waals surface area contributed by atoms with Gasteiger partial charge in [0, 0.05) is 22.8 Å². The molecule has 0 saturated heterocycles. The van der Waals surface area contributed by atoms with Gasteiger partial charge in [-0.25, -0.2) is 8.42 Å². The standard InChI is InChI=1S/C21H17BrN2O3S2/c1-24(29(26,27)20-11-8-17(22)9-12-20)15-21(25)23-18-5-2-4-16(14-18)7-10-19-6-3-13-28-19/h2-6,8-9,11-14H,15H2,1H3,(H,23,25). The average Bonchev–Trinajstić information content (AvgIpc) is 3.20. The quantitative estimate of drug-likeness (QED) is 0.548. The minimum Gasteiger partial charge on any atom is -0.325 e. The molecular formula is C21H17BrN2O3S2. The first-order valence-corrected chi connectivity index (χ1v) is 11.6. The summed E-state index contributed by atoms with van der Waals surface area (Å²) in [5.41, 5.74) is 1.31. The number of nitrogens with one attached hydrogen (secondary N) is 1. The molecule has 0 aliphatic carbocycles. The van der Waals surface area contributed by atoms with Gasteiger partial charge in [0.15, 0.2) is 0 Å². The van der Waals surface area contributed by atoms with E-state index in [0.29, 0.717) is 5.69 Å². The number of carbonyl (C=O) groups excluding carboxylic acids is 1. The molecule has 0 aliphatic rings. The molecule has 8 heteroatoms. The summed E-state index contributed by atoms with van der Waals surface area (Å²) in [4.78, 5) is 13.4. The molecule has 0 radical (unpaired) electrons. The van der Waals surface area contributed by atoms with Crippen molar-refractivity contribution in [2.24, 2.45) is 0 Å². The summed E-state index contributed by atoms with van der Waals surface area (Å²) in [6.45, 7) is -0.302. The Labute approximate surface area is 182 Å². The SMILES string of the molecule is CN(CC(=O)Nc1cccc(C#Cc2cccs2)c1)S(=O)(=O)c1ccc(Br)cc1. The van der Waals surface area contributed by atoms with Crippen molar-refractivity contribution in [3.05, 3.63) is 81.0 Å². The highest BCUT2D eigenvalue weighted by molar-refractivity contribution is 9.10. The van der Waals surface area contributed by atoms with Crippen LogP contribution in [0.4, 0.5) is 5.69 Å². The third-order valence-electron chi connectivity index (χ3n) is 3.89. The molecule has 3 rings (SSSR count). The van der Waals surface area contributed by atoms with Crippen LogP contribution in [0.5, 0.6) is 0 Å². The van der Waals surface area contributed by atoms with Gasteiger partial charge in [-0.05, 0) is 53.9 Å². The Bertz CT molecular complexity index is 1160. The van der Waals surface area contributed by atoms with Crippen LogP contribution in [0, 0.1) is 11.8 Å². The molecule has 0 aliphatic heterocycles. The molecule has 2 aromatic carbocycles. The fourth-order valence-corrected chi connectivity index (χ4v) is 4.39. The van der Waals surface area contributed by atoms with Crippen molar-refractivity contribution in [1.82, 2.24) is 4.31 Å².